The number of esters is 1. The number of carbonyl (C=O) groups is 1. The Morgan fingerprint density at radius 1 is 0.880 bits per heavy atom. The third-order valence-corrected chi connectivity index (χ3v) is 5.15. The maximum Gasteiger partial charge on any atom is 0.321 e. The van der Waals surface area contributed by atoms with Gasteiger partial charge >= 0.3 is 5.97 Å². The molecule has 0 spiro atoms. The first-order valence-corrected chi connectivity index (χ1v) is 9.21. The zero-order valence-corrected chi connectivity index (χ0v) is 14.2. The van der Waals surface area contributed by atoms with Crippen molar-refractivity contribution in [2.75, 3.05) is 6.54 Å². The molecule has 0 bridgehead atoms. The van der Waals surface area contributed by atoms with Crippen molar-refractivity contribution in [3.63, 3.8) is 0 Å². The first-order chi connectivity index (χ1) is 12.1. The van der Waals surface area contributed by atoms with Crippen molar-refractivity contribution in [3.05, 3.63) is 78.4 Å². The third kappa shape index (κ3) is 4.23. The molecule has 0 heterocycles. The van der Waals surface area contributed by atoms with E-state index in [2.05, 4.69) is 4.72 Å². The van der Waals surface area contributed by atoms with Gasteiger partial charge in [-0.3, -0.25) is 4.79 Å². The predicted octanol–water partition coefficient (Wildman–Crippen LogP) is 2.86. The molecule has 0 unspecified atom stereocenters. The van der Waals surface area contributed by atoms with Crippen LogP contribution in [0.25, 0.3) is 10.8 Å². The van der Waals surface area contributed by atoms with Crippen LogP contribution in [0.5, 0.6) is 0 Å². The predicted molar refractivity (Wildman–Crippen MR) is 95.4 cm³/mol. The highest BCUT2D eigenvalue weighted by atomic mass is 32.2. The number of ether oxygens (including phenoxy) is 1. The van der Waals surface area contributed by atoms with Crippen LogP contribution in [0.4, 0.5) is 0 Å². The number of hydrogen-bond acceptors (Lipinski definition) is 4. The molecule has 0 saturated carbocycles. The number of fused-ring (bicyclic) bond motifs is 1. The molecule has 128 valence electrons. The SMILES string of the molecule is O=C(CNS(=O)(=O)c1cccc2ccccc12)OCc1ccccc1. The first-order valence-electron chi connectivity index (χ1n) is 7.73. The zero-order valence-electron chi connectivity index (χ0n) is 13.4. The minimum absolute atomic E-state index is 0.107. The Hall–Kier alpha value is -2.70. The molecule has 0 aliphatic carbocycles. The van der Waals surface area contributed by atoms with Crippen LogP contribution in [-0.2, 0) is 26.2 Å². The molecule has 0 aliphatic rings. The highest BCUT2D eigenvalue weighted by Gasteiger charge is 2.18. The van der Waals surface area contributed by atoms with Crippen molar-refractivity contribution in [1.82, 2.24) is 4.72 Å². The van der Waals surface area contributed by atoms with Crippen LogP contribution in [0, 0.1) is 0 Å². The molecule has 0 radical (unpaired) electrons. The van der Waals surface area contributed by atoms with Crippen molar-refractivity contribution in [2.45, 2.75) is 11.5 Å². The van der Waals surface area contributed by atoms with E-state index in [4.69, 9.17) is 4.74 Å². The van der Waals surface area contributed by atoms with Gasteiger partial charge in [-0.15, -0.1) is 0 Å². The van der Waals surface area contributed by atoms with E-state index in [0.29, 0.717) is 5.39 Å². The van der Waals surface area contributed by atoms with Gasteiger partial charge in [0.25, 0.3) is 0 Å². The van der Waals surface area contributed by atoms with Gasteiger partial charge in [0.1, 0.15) is 13.2 Å². The molecule has 0 fully saturated rings. The van der Waals surface area contributed by atoms with Crippen molar-refractivity contribution >= 4 is 26.8 Å². The van der Waals surface area contributed by atoms with E-state index >= 15 is 0 Å². The molecule has 5 nitrogen and oxygen atoms in total. The fourth-order valence-corrected chi connectivity index (χ4v) is 3.65. The molecule has 3 aromatic carbocycles. The lowest BCUT2D eigenvalue weighted by Gasteiger charge is -2.10. The van der Waals surface area contributed by atoms with Gasteiger partial charge in [-0.2, -0.15) is 4.72 Å². The normalized spacial score (nSPS) is 11.4. The average Bonchev–Trinajstić information content (AvgIpc) is 2.65. The van der Waals surface area contributed by atoms with E-state index < -0.39 is 22.5 Å². The maximum atomic E-state index is 12.5. The van der Waals surface area contributed by atoms with Crippen LogP contribution in [0.3, 0.4) is 0 Å². The summed E-state index contributed by atoms with van der Waals surface area (Å²) in [4.78, 5) is 11.9. The Morgan fingerprint density at radius 3 is 2.36 bits per heavy atom. The van der Waals surface area contributed by atoms with Gasteiger partial charge in [-0.25, -0.2) is 8.42 Å². The van der Waals surface area contributed by atoms with Crippen LogP contribution in [0.2, 0.25) is 0 Å². The highest BCUT2D eigenvalue weighted by molar-refractivity contribution is 7.89. The van der Waals surface area contributed by atoms with Crippen LogP contribution in [-0.4, -0.2) is 20.9 Å². The number of hydrogen-bond donors (Lipinski definition) is 1. The van der Waals surface area contributed by atoms with E-state index in [9.17, 15) is 13.2 Å². The molecular formula is C19H17NO4S. The average molecular weight is 355 g/mol. The Kier molecular flexibility index (Phi) is 5.11. The summed E-state index contributed by atoms with van der Waals surface area (Å²) < 4.78 is 32.4. The van der Waals surface area contributed by atoms with Crippen LogP contribution in [0.1, 0.15) is 5.56 Å². The summed E-state index contributed by atoms with van der Waals surface area (Å²) >= 11 is 0. The molecule has 0 aliphatic heterocycles. The van der Waals surface area contributed by atoms with Crippen molar-refractivity contribution in [1.29, 1.82) is 0 Å². The smallest absolute Gasteiger partial charge is 0.321 e. The number of benzene rings is 3. The van der Waals surface area contributed by atoms with Gasteiger partial charge in [0.05, 0.1) is 4.90 Å². The summed E-state index contributed by atoms with van der Waals surface area (Å²) in [5.74, 6) is -0.632. The Morgan fingerprint density at radius 2 is 1.56 bits per heavy atom. The van der Waals surface area contributed by atoms with Gasteiger partial charge in [-0.05, 0) is 17.0 Å². The fourth-order valence-electron chi connectivity index (χ4n) is 2.45. The zero-order chi connectivity index (χ0) is 17.7. The molecule has 0 amide bonds. The molecule has 3 rings (SSSR count). The number of sulfonamides is 1. The van der Waals surface area contributed by atoms with Crippen LogP contribution < -0.4 is 4.72 Å². The summed E-state index contributed by atoms with van der Waals surface area (Å²) in [7, 11) is -3.82. The Labute approximate surface area is 146 Å². The second-order valence-electron chi connectivity index (χ2n) is 5.45. The number of rotatable bonds is 6. The molecule has 25 heavy (non-hydrogen) atoms. The molecule has 3 aromatic rings. The van der Waals surface area contributed by atoms with Crippen molar-refractivity contribution < 1.29 is 17.9 Å². The molecule has 1 N–H and O–H groups in total. The highest BCUT2D eigenvalue weighted by Crippen LogP contribution is 2.22. The lowest BCUT2D eigenvalue weighted by Crippen LogP contribution is -2.30. The number of nitrogens with one attached hydrogen (secondary N) is 1. The van der Waals surface area contributed by atoms with Gasteiger partial charge in [0.15, 0.2) is 0 Å². The maximum absolute atomic E-state index is 12.5. The van der Waals surface area contributed by atoms with Crippen molar-refractivity contribution in [2.24, 2.45) is 0 Å². The van der Waals surface area contributed by atoms with Gasteiger partial charge < -0.3 is 4.74 Å². The lowest BCUT2D eigenvalue weighted by molar-refractivity contribution is -0.143. The second kappa shape index (κ2) is 7.46. The monoisotopic (exact) mass is 355 g/mol. The van der Waals surface area contributed by atoms with Gasteiger partial charge in [0, 0.05) is 5.39 Å². The Balaban J connectivity index is 1.66. The summed E-state index contributed by atoms with van der Waals surface area (Å²) in [6.45, 7) is -0.311. The molecule has 0 aromatic heterocycles. The minimum atomic E-state index is -3.82. The summed E-state index contributed by atoms with van der Waals surface area (Å²) in [5, 5.41) is 1.42. The van der Waals surface area contributed by atoms with Crippen LogP contribution in [0.15, 0.2) is 77.7 Å². The summed E-state index contributed by atoms with van der Waals surface area (Å²) in [6.07, 6.45) is 0. The van der Waals surface area contributed by atoms with Gasteiger partial charge in [-0.1, -0.05) is 66.7 Å². The molecular weight excluding hydrogens is 338 g/mol. The third-order valence-electron chi connectivity index (χ3n) is 3.69. The molecule has 0 saturated heterocycles. The quantitative estimate of drug-likeness (QED) is 0.690. The topological polar surface area (TPSA) is 72.5 Å². The largest absolute Gasteiger partial charge is 0.460 e. The van der Waals surface area contributed by atoms with E-state index in [1.165, 1.54) is 6.07 Å². The molecule has 0 atom stereocenters. The van der Waals surface area contributed by atoms with E-state index in [-0.39, 0.29) is 11.5 Å². The van der Waals surface area contributed by atoms with Gasteiger partial charge in [0.2, 0.25) is 10.0 Å². The minimum Gasteiger partial charge on any atom is -0.460 e. The summed E-state index contributed by atoms with van der Waals surface area (Å²) in [5.41, 5.74) is 0.841. The van der Waals surface area contributed by atoms with E-state index in [0.717, 1.165) is 10.9 Å². The van der Waals surface area contributed by atoms with Crippen LogP contribution >= 0.6 is 0 Å². The summed E-state index contributed by atoms with van der Waals surface area (Å²) in [6, 6.07) is 21.4. The lowest BCUT2D eigenvalue weighted by atomic mass is 10.1. The van der Waals surface area contributed by atoms with Crippen molar-refractivity contribution in [3.8, 4) is 0 Å². The van der Waals surface area contributed by atoms with E-state index in [1.807, 2.05) is 48.5 Å². The number of carbonyl (C=O) groups excluding carboxylic acids is 1. The molecule has 6 heteroatoms. The van der Waals surface area contributed by atoms with E-state index in [1.54, 1.807) is 18.2 Å². The standard InChI is InChI=1S/C19H17NO4S/c21-19(24-14-15-7-2-1-3-8-15)13-20-25(22,23)18-12-6-10-16-9-4-5-11-17(16)18/h1-12,20H,13-14H2. The Bertz CT molecular complexity index is 979. The fraction of sp³-hybridized carbons (Fsp3) is 0.105. The second-order valence-corrected chi connectivity index (χ2v) is 7.18. The first kappa shape index (κ1) is 17.1.